The molecule has 0 spiro atoms. The van der Waals surface area contributed by atoms with E-state index in [0.29, 0.717) is 23.2 Å². The lowest BCUT2D eigenvalue weighted by Gasteiger charge is -2.22. The smallest absolute Gasteiger partial charge is 0.350 e. The maximum Gasteiger partial charge on any atom is 0.350 e. The van der Waals surface area contributed by atoms with E-state index in [1.54, 1.807) is 6.92 Å². The number of nitrogens with zero attached hydrogens (tertiary/aromatic N) is 1. The number of esters is 1. The normalized spacial score (nSPS) is 19.2. The van der Waals surface area contributed by atoms with Crippen molar-refractivity contribution in [3.63, 3.8) is 0 Å². The van der Waals surface area contributed by atoms with Crippen molar-refractivity contribution in [2.24, 2.45) is 0 Å². The molecule has 1 saturated heterocycles. The molecular formula is C14H23N3O2S. The molecule has 1 aromatic heterocycles. The first kappa shape index (κ1) is 15.1. The fourth-order valence-electron chi connectivity index (χ4n) is 2.61. The summed E-state index contributed by atoms with van der Waals surface area (Å²) < 4.78 is 4.99. The molecular weight excluding hydrogens is 274 g/mol. The Morgan fingerprint density at radius 1 is 1.60 bits per heavy atom. The van der Waals surface area contributed by atoms with Crippen LogP contribution in [0.15, 0.2) is 6.07 Å². The number of hydrogen-bond acceptors (Lipinski definition) is 6. The van der Waals surface area contributed by atoms with Gasteiger partial charge in [-0.1, -0.05) is 6.92 Å². The molecule has 1 unspecified atom stereocenters. The van der Waals surface area contributed by atoms with Gasteiger partial charge in [-0.25, -0.2) is 4.79 Å². The van der Waals surface area contributed by atoms with Gasteiger partial charge in [0.2, 0.25) is 0 Å². The second kappa shape index (κ2) is 6.95. The predicted octanol–water partition coefficient (Wildman–Crippen LogP) is 2.40. The Kier molecular flexibility index (Phi) is 5.25. The molecule has 1 atom stereocenters. The predicted molar refractivity (Wildman–Crippen MR) is 83.4 cm³/mol. The van der Waals surface area contributed by atoms with Crippen LogP contribution in [0.3, 0.4) is 0 Å². The van der Waals surface area contributed by atoms with Crippen LogP contribution in [0.4, 0.5) is 10.7 Å². The minimum Gasteiger partial charge on any atom is -0.462 e. The molecule has 1 fully saturated rings. The average Bonchev–Trinajstić information content (AvgIpc) is 3.02. The van der Waals surface area contributed by atoms with Crippen molar-refractivity contribution in [2.75, 3.05) is 37.3 Å². The summed E-state index contributed by atoms with van der Waals surface area (Å²) in [5, 5.41) is 4.34. The van der Waals surface area contributed by atoms with Crippen molar-refractivity contribution in [3.8, 4) is 0 Å². The van der Waals surface area contributed by atoms with E-state index in [1.165, 1.54) is 30.7 Å². The number of carbonyl (C=O) groups excluding carboxylic acids is 1. The third-order valence-corrected chi connectivity index (χ3v) is 4.73. The van der Waals surface area contributed by atoms with Gasteiger partial charge < -0.3 is 15.8 Å². The second-order valence-electron chi connectivity index (χ2n) is 4.92. The minimum absolute atomic E-state index is 0.334. The van der Waals surface area contributed by atoms with Crippen LogP contribution in [0.5, 0.6) is 0 Å². The van der Waals surface area contributed by atoms with Crippen LogP contribution in [-0.4, -0.2) is 43.2 Å². The monoisotopic (exact) mass is 297 g/mol. The van der Waals surface area contributed by atoms with Crippen LogP contribution in [0.25, 0.3) is 0 Å². The van der Waals surface area contributed by atoms with Crippen molar-refractivity contribution in [1.82, 2.24) is 4.90 Å². The first-order valence-electron chi connectivity index (χ1n) is 7.20. The van der Waals surface area contributed by atoms with Crippen LogP contribution in [-0.2, 0) is 4.74 Å². The molecule has 2 heterocycles. The number of nitrogen functional groups attached to an aromatic ring is 1. The maximum atomic E-state index is 11.7. The van der Waals surface area contributed by atoms with E-state index >= 15 is 0 Å². The molecule has 112 valence electrons. The topological polar surface area (TPSA) is 67.6 Å². The summed E-state index contributed by atoms with van der Waals surface area (Å²) in [6.45, 7) is 7.53. The van der Waals surface area contributed by atoms with Crippen molar-refractivity contribution >= 4 is 28.0 Å². The summed E-state index contributed by atoms with van der Waals surface area (Å²) in [4.78, 5) is 14.7. The number of rotatable bonds is 6. The summed E-state index contributed by atoms with van der Waals surface area (Å²) in [5.41, 5.74) is 6.36. The van der Waals surface area contributed by atoms with Crippen molar-refractivity contribution in [3.05, 3.63) is 10.9 Å². The number of thiophene rings is 1. The van der Waals surface area contributed by atoms with E-state index in [1.807, 2.05) is 6.07 Å². The fourth-order valence-corrected chi connectivity index (χ4v) is 3.49. The SMILES string of the molecule is CCOC(=O)c1sc(NCC2CCCN2CC)cc1N. The van der Waals surface area contributed by atoms with Crippen LogP contribution in [0.2, 0.25) is 0 Å². The number of likely N-dealkylation sites (N-methyl/N-ethyl adjacent to an activating group) is 1. The molecule has 0 bridgehead atoms. The van der Waals surface area contributed by atoms with Gasteiger partial charge in [0.1, 0.15) is 4.88 Å². The molecule has 3 N–H and O–H groups in total. The summed E-state index contributed by atoms with van der Waals surface area (Å²) in [5.74, 6) is -0.334. The lowest BCUT2D eigenvalue weighted by molar-refractivity contribution is 0.0533. The highest BCUT2D eigenvalue weighted by Crippen LogP contribution is 2.30. The largest absolute Gasteiger partial charge is 0.462 e. The number of ether oxygens (including phenoxy) is 1. The Balaban J connectivity index is 1.93. The summed E-state index contributed by atoms with van der Waals surface area (Å²) in [6, 6.07) is 2.40. The quantitative estimate of drug-likeness (QED) is 0.789. The van der Waals surface area contributed by atoms with Gasteiger partial charge in [0.15, 0.2) is 0 Å². The zero-order chi connectivity index (χ0) is 14.5. The summed E-state index contributed by atoms with van der Waals surface area (Å²) >= 11 is 1.37. The molecule has 1 aromatic rings. The molecule has 0 radical (unpaired) electrons. The molecule has 1 aliphatic heterocycles. The Labute approximate surface area is 124 Å². The minimum atomic E-state index is -0.334. The van der Waals surface area contributed by atoms with Gasteiger partial charge in [0.05, 0.1) is 17.3 Å². The van der Waals surface area contributed by atoms with Gasteiger partial charge in [-0.05, 0) is 38.9 Å². The fraction of sp³-hybridized carbons (Fsp3) is 0.643. The molecule has 6 heteroatoms. The Morgan fingerprint density at radius 2 is 2.40 bits per heavy atom. The summed E-state index contributed by atoms with van der Waals surface area (Å²) in [7, 11) is 0. The average molecular weight is 297 g/mol. The lowest BCUT2D eigenvalue weighted by Crippen LogP contribution is -2.34. The number of likely N-dealkylation sites (tertiary alicyclic amines) is 1. The highest BCUT2D eigenvalue weighted by atomic mass is 32.1. The van der Waals surface area contributed by atoms with Crippen LogP contribution in [0.1, 0.15) is 36.4 Å². The van der Waals surface area contributed by atoms with Gasteiger partial charge in [0, 0.05) is 12.6 Å². The lowest BCUT2D eigenvalue weighted by atomic mass is 10.2. The van der Waals surface area contributed by atoms with E-state index < -0.39 is 0 Å². The van der Waals surface area contributed by atoms with E-state index in [4.69, 9.17) is 10.5 Å². The van der Waals surface area contributed by atoms with E-state index in [9.17, 15) is 4.79 Å². The second-order valence-corrected chi connectivity index (χ2v) is 5.97. The first-order chi connectivity index (χ1) is 9.65. The first-order valence-corrected chi connectivity index (χ1v) is 8.01. The number of nitrogens with two attached hydrogens (primary N) is 1. The molecule has 2 rings (SSSR count). The van der Waals surface area contributed by atoms with E-state index in [-0.39, 0.29) is 5.97 Å². The molecule has 1 aliphatic rings. The standard InChI is InChI=1S/C14H23N3O2S/c1-3-17-7-5-6-10(17)9-16-12-8-11(15)13(20-12)14(18)19-4-2/h8,10,16H,3-7,9,15H2,1-2H3. The molecule has 0 amide bonds. The molecule has 0 aliphatic carbocycles. The third kappa shape index (κ3) is 3.43. The molecule has 0 aromatic carbocycles. The van der Waals surface area contributed by atoms with Crippen LogP contribution < -0.4 is 11.1 Å². The van der Waals surface area contributed by atoms with Crippen molar-refractivity contribution < 1.29 is 9.53 Å². The Bertz CT molecular complexity index is 461. The van der Waals surface area contributed by atoms with Crippen LogP contribution in [0, 0.1) is 0 Å². The zero-order valence-corrected chi connectivity index (χ0v) is 13.0. The van der Waals surface area contributed by atoms with Gasteiger partial charge in [-0.2, -0.15) is 0 Å². The maximum absolute atomic E-state index is 11.7. The van der Waals surface area contributed by atoms with E-state index in [0.717, 1.165) is 18.1 Å². The molecule has 5 nitrogen and oxygen atoms in total. The highest BCUT2D eigenvalue weighted by Gasteiger charge is 2.23. The molecule has 0 saturated carbocycles. The highest BCUT2D eigenvalue weighted by molar-refractivity contribution is 7.18. The van der Waals surface area contributed by atoms with Crippen molar-refractivity contribution in [1.29, 1.82) is 0 Å². The number of anilines is 2. The van der Waals surface area contributed by atoms with Gasteiger partial charge in [-0.15, -0.1) is 11.3 Å². The number of carbonyl (C=O) groups is 1. The third-order valence-electron chi connectivity index (χ3n) is 3.64. The Morgan fingerprint density at radius 3 is 3.10 bits per heavy atom. The number of nitrogens with one attached hydrogen (secondary N) is 1. The van der Waals surface area contributed by atoms with E-state index in [2.05, 4.69) is 17.1 Å². The van der Waals surface area contributed by atoms with Crippen LogP contribution >= 0.6 is 11.3 Å². The van der Waals surface area contributed by atoms with Crippen molar-refractivity contribution in [2.45, 2.75) is 32.7 Å². The number of hydrogen-bond donors (Lipinski definition) is 2. The Hall–Kier alpha value is -1.27. The van der Waals surface area contributed by atoms with Gasteiger partial charge in [0.25, 0.3) is 0 Å². The van der Waals surface area contributed by atoms with Gasteiger partial charge in [-0.3, -0.25) is 4.90 Å². The van der Waals surface area contributed by atoms with Gasteiger partial charge >= 0.3 is 5.97 Å². The molecule has 20 heavy (non-hydrogen) atoms. The summed E-state index contributed by atoms with van der Waals surface area (Å²) in [6.07, 6.45) is 2.49. The zero-order valence-electron chi connectivity index (χ0n) is 12.1.